The average Bonchev–Trinajstić information content (AvgIpc) is 3.24. The summed E-state index contributed by atoms with van der Waals surface area (Å²) in [5.74, 6) is 1.68. The number of hydrogen-bond acceptors (Lipinski definition) is 8. The first kappa shape index (κ1) is 23.4. The summed E-state index contributed by atoms with van der Waals surface area (Å²) in [5.41, 5.74) is 13.5. The third kappa shape index (κ3) is 4.93. The zero-order chi connectivity index (χ0) is 24.9. The van der Waals surface area contributed by atoms with Crippen LogP contribution in [0.3, 0.4) is 0 Å². The van der Waals surface area contributed by atoms with E-state index in [0.717, 1.165) is 15.9 Å². The number of amidine groups is 1. The van der Waals surface area contributed by atoms with Crippen LogP contribution in [0.5, 0.6) is 11.5 Å². The largest absolute Gasteiger partial charge is 0.493 e. The first-order valence-electron chi connectivity index (χ1n) is 10.8. The summed E-state index contributed by atoms with van der Waals surface area (Å²) in [6, 6.07) is 15.3. The van der Waals surface area contributed by atoms with Gasteiger partial charge in [-0.3, -0.25) is 10.4 Å². The zero-order valence-corrected chi connectivity index (χ0v) is 19.3. The standard InChI is InChI=1S/C24H26N8O3/c1-3-35-18-11-8-15(13-19(18)34-2)20(29-16-9-6-14(7-10-16)21(26)27)22-30-24(33)32(31-22)23-17(25)5-4-12-28-23/h4-13,20,29H,3,25H2,1-2H3,(H3,26,27)(H,30,31,33). The molecule has 0 fully saturated rings. The van der Waals surface area contributed by atoms with Crippen molar-refractivity contribution in [2.75, 3.05) is 24.8 Å². The van der Waals surface area contributed by atoms with Crippen molar-refractivity contribution >= 4 is 17.2 Å². The minimum atomic E-state index is -0.582. The van der Waals surface area contributed by atoms with Crippen LogP contribution in [0.25, 0.3) is 5.82 Å². The van der Waals surface area contributed by atoms with Gasteiger partial charge < -0.3 is 26.3 Å². The van der Waals surface area contributed by atoms with Crippen molar-refractivity contribution in [2.45, 2.75) is 13.0 Å². The molecule has 7 N–H and O–H groups in total. The van der Waals surface area contributed by atoms with Crippen LogP contribution in [-0.4, -0.2) is 39.3 Å². The van der Waals surface area contributed by atoms with E-state index in [1.54, 1.807) is 49.6 Å². The molecule has 11 nitrogen and oxygen atoms in total. The summed E-state index contributed by atoms with van der Waals surface area (Å²) in [6.07, 6.45) is 1.54. The fourth-order valence-corrected chi connectivity index (χ4v) is 3.56. The molecule has 0 bridgehead atoms. The van der Waals surface area contributed by atoms with Gasteiger partial charge >= 0.3 is 5.69 Å². The van der Waals surface area contributed by atoms with Crippen molar-refractivity contribution in [3.05, 3.63) is 88.2 Å². The van der Waals surface area contributed by atoms with Gasteiger partial charge in [0.05, 0.1) is 19.4 Å². The van der Waals surface area contributed by atoms with Gasteiger partial charge in [0.2, 0.25) is 0 Å². The minimum absolute atomic E-state index is 0.0274. The monoisotopic (exact) mass is 474 g/mol. The molecule has 0 saturated carbocycles. The topological polar surface area (TPSA) is 170 Å². The van der Waals surface area contributed by atoms with E-state index in [-0.39, 0.29) is 11.7 Å². The number of nitrogens with one attached hydrogen (secondary N) is 3. The van der Waals surface area contributed by atoms with Crippen molar-refractivity contribution in [3.8, 4) is 17.3 Å². The number of aromatic nitrogens is 4. The van der Waals surface area contributed by atoms with E-state index in [2.05, 4.69) is 20.4 Å². The van der Waals surface area contributed by atoms with Crippen LogP contribution in [0.15, 0.2) is 65.6 Å². The van der Waals surface area contributed by atoms with Crippen molar-refractivity contribution in [1.82, 2.24) is 19.7 Å². The van der Waals surface area contributed by atoms with E-state index < -0.39 is 11.7 Å². The van der Waals surface area contributed by atoms with E-state index in [1.807, 2.05) is 19.1 Å². The van der Waals surface area contributed by atoms with E-state index in [9.17, 15) is 4.79 Å². The van der Waals surface area contributed by atoms with Crippen LogP contribution in [0.2, 0.25) is 0 Å². The van der Waals surface area contributed by atoms with Crippen LogP contribution < -0.4 is 31.9 Å². The predicted molar refractivity (Wildman–Crippen MR) is 133 cm³/mol. The molecular weight excluding hydrogens is 448 g/mol. The van der Waals surface area contributed by atoms with Gasteiger partial charge in [-0.05, 0) is 61.0 Å². The Labute approximate surface area is 201 Å². The highest BCUT2D eigenvalue weighted by Crippen LogP contribution is 2.33. The van der Waals surface area contributed by atoms with E-state index >= 15 is 0 Å². The second-order valence-corrected chi connectivity index (χ2v) is 7.56. The van der Waals surface area contributed by atoms with Crippen molar-refractivity contribution < 1.29 is 9.47 Å². The smallest absolute Gasteiger partial charge is 0.349 e. The lowest BCUT2D eigenvalue weighted by Gasteiger charge is -2.20. The molecule has 0 aliphatic rings. The normalized spacial score (nSPS) is 11.6. The quantitative estimate of drug-likeness (QED) is 0.182. The maximum Gasteiger partial charge on any atom is 0.349 e. The molecule has 0 saturated heterocycles. The molecule has 35 heavy (non-hydrogen) atoms. The molecule has 2 aromatic carbocycles. The Morgan fingerprint density at radius 1 is 1.20 bits per heavy atom. The van der Waals surface area contributed by atoms with Gasteiger partial charge in [-0.2, -0.15) is 4.68 Å². The maximum absolute atomic E-state index is 12.8. The van der Waals surface area contributed by atoms with Gasteiger partial charge in [0.1, 0.15) is 11.9 Å². The lowest BCUT2D eigenvalue weighted by molar-refractivity contribution is 0.310. The number of H-pyrrole nitrogens is 1. The molecule has 180 valence electrons. The Morgan fingerprint density at radius 2 is 1.97 bits per heavy atom. The molecule has 1 unspecified atom stereocenters. The number of ether oxygens (including phenoxy) is 2. The SMILES string of the molecule is CCOc1ccc(C(Nc2ccc(C(=N)N)cc2)c2nn(-c3ncccc3N)c(=O)[nH]2)cc1OC. The lowest BCUT2D eigenvalue weighted by atomic mass is 10.0. The van der Waals surface area contributed by atoms with Crippen LogP contribution in [0.4, 0.5) is 11.4 Å². The predicted octanol–water partition coefficient (Wildman–Crippen LogP) is 2.43. The molecule has 4 aromatic rings. The molecule has 1 atom stereocenters. The van der Waals surface area contributed by atoms with E-state index in [4.69, 9.17) is 26.4 Å². The highest BCUT2D eigenvalue weighted by Gasteiger charge is 2.23. The van der Waals surface area contributed by atoms with Crippen molar-refractivity contribution in [2.24, 2.45) is 5.73 Å². The number of nitrogens with zero attached hydrogens (tertiary/aromatic N) is 3. The number of nitrogens with two attached hydrogens (primary N) is 2. The minimum Gasteiger partial charge on any atom is -0.493 e. The van der Waals surface area contributed by atoms with Gasteiger partial charge in [-0.1, -0.05) is 6.07 Å². The molecule has 0 aliphatic carbocycles. The molecule has 4 rings (SSSR count). The number of nitrogen functional groups attached to an aromatic ring is 2. The van der Waals surface area contributed by atoms with Crippen LogP contribution in [-0.2, 0) is 0 Å². The Morgan fingerprint density at radius 3 is 2.63 bits per heavy atom. The first-order valence-corrected chi connectivity index (χ1v) is 10.8. The Bertz CT molecular complexity index is 1390. The molecule has 0 amide bonds. The van der Waals surface area contributed by atoms with Gasteiger partial charge in [-0.25, -0.2) is 9.78 Å². The van der Waals surface area contributed by atoms with Gasteiger partial charge in [-0.15, -0.1) is 5.10 Å². The Kier molecular flexibility index (Phi) is 6.67. The summed E-state index contributed by atoms with van der Waals surface area (Å²) in [4.78, 5) is 19.8. The highest BCUT2D eigenvalue weighted by atomic mass is 16.5. The Balaban J connectivity index is 1.79. The van der Waals surface area contributed by atoms with Crippen molar-refractivity contribution in [1.29, 1.82) is 5.41 Å². The molecule has 2 aromatic heterocycles. The number of anilines is 2. The van der Waals surface area contributed by atoms with Gasteiger partial charge in [0.15, 0.2) is 23.1 Å². The fraction of sp³-hybridized carbons (Fsp3) is 0.167. The van der Waals surface area contributed by atoms with Gasteiger partial charge in [0.25, 0.3) is 0 Å². The third-order valence-electron chi connectivity index (χ3n) is 5.25. The number of hydrogen-bond donors (Lipinski definition) is 5. The second kappa shape index (κ2) is 10.00. The summed E-state index contributed by atoms with van der Waals surface area (Å²) in [7, 11) is 1.56. The molecule has 0 aliphatic heterocycles. The fourth-order valence-electron chi connectivity index (χ4n) is 3.56. The zero-order valence-electron chi connectivity index (χ0n) is 19.3. The third-order valence-corrected chi connectivity index (χ3v) is 5.25. The number of benzene rings is 2. The van der Waals surface area contributed by atoms with Gasteiger partial charge in [0, 0.05) is 17.4 Å². The summed E-state index contributed by atoms with van der Waals surface area (Å²) >= 11 is 0. The van der Waals surface area contributed by atoms with E-state index in [1.165, 1.54) is 6.20 Å². The maximum atomic E-state index is 12.8. The molecule has 0 spiro atoms. The van der Waals surface area contributed by atoms with Crippen LogP contribution >= 0.6 is 0 Å². The lowest BCUT2D eigenvalue weighted by Crippen LogP contribution is -2.18. The highest BCUT2D eigenvalue weighted by molar-refractivity contribution is 5.95. The number of rotatable bonds is 9. The van der Waals surface area contributed by atoms with E-state index in [0.29, 0.717) is 35.2 Å². The van der Waals surface area contributed by atoms with Crippen LogP contribution in [0, 0.1) is 5.41 Å². The first-order chi connectivity index (χ1) is 16.9. The van der Waals surface area contributed by atoms with Crippen molar-refractivity contribution in [3.63, 3.8) is 0 Å². The number of methoxy groups -OCH3 is 1. The summed E-state index contributed by atoms with van der Waals surface area (Å²) in [5, 5.41) is 15.5. The number of pyridine rings is 1. The summed E-state index contributed by atoms with van der Waals surface area (Å²) < 4.78 is 12.3. The second-order valence-electron chi connectivity index (χ2n) is 7.56. The average molecular weight is 475 g/mol. The molecule has 2 heterocycles. The summed E-state index contributed by atoms with van der Waals surface area (Å²) in [6.45, 7) is 2.38. The Hall–Kier alpha value is -4.80. The number of aromatic amines is 1. The molecule has 0 radical (unpaired) electrons. The molecular formula is C24H26N8O3. The molecule has 11 heteroatoms. The van der Waals surface area contributed by atoms with Crippen LogP contribution in [0.1, 0.15) is 29.9 Å².